The van der Waals surface area contributed by atoms with Crippen LogP contribution in [0.4, 0.5) is 0 Å². The van der Waals surface area contributed by atoms with E-state index in [0.717, 1.165) is 0 Å². The van der Waals surface area contributed by atoms with Gasteiger partial charge in [0.2, 0.25) is 0 Å². The van der Waals surface area contributed by atoms with Gasteiger partial charge < -0.3 is 4.55 Å². The maximum absolute atomic E-state index is 9.59. The van der Waals surface area contributed by atoms with Gasteiger partial charge in [0.25, 0.3) is 0 Å². The minimum atomic E-state index is -4.06. The van der Waals surface area contributed by atoms with Crippen LogP contribution >= 0.6 is 11.6 Å². The van der Waals surface area contributed by atoms with Crippen LogP contribution in [-0.4, -0.2) is 24.6 Å². The SMILES string of the molecule is O=S(=O)([O-])CCCl.[Ag+]. The molecule has 0 aliphatic carbocycles. The Morgan fingerprint density at radius 3 is 1.88 bits per heavy atom. The van der Waals surface area contributed by atoms with E-state index in [9.17, 15) is 13.0 Å². The minimum Gasteiger partial charge on any atom is -0.748 e. The predicted octanol–water partition coefficient (Wildman–Crippen LogP) is -0.232. The first-order valence-corrected chi connectivity index (χ1v) is 3.67. The van der Waals surface area contributed by atoms with Gasteiger partial charge in [-0.2, -0.15) is 0 Å². The molecule has 0 spiro atoms. The second kappa shape index (κ2) is 4.79. The van der Waals surface area contributed by atoms with E-state index in [4.69, 9.17) is 11.6 Å². The molecule has 0 aromatic rings. The summed E-state index contributed by atoms with van der Waals surface area (Å²) in [5, 5.41) is 0. The van der Waals surface area contributed by atoms with E-state index in [-0.39, 0.29) is 28.3 Å². The Balaban J connectivity index is 0. The van der Waals surface area contributed by atoms with Crippen molar-refractivity contribution < 1.29 is 35.4 Å². The normalized spacial score (nSPS) is 10.2. The van der Waals surface area contributed by atoms with Crippen LogP contribution in [0.25, 0.3) is 0 Å². The molecule has 0 aromatic carbocycles. The van der Waals surface area contributed by atoms with Gasteiger partial charge in [-0.15, -0.1) is 11.6 Å². The molecule has 3 nitrogen and oxygen atoms in total. The smallest absolute Gasteiger partial charge is 0.748 e. The van der Waals surface area contributed by atoms with Crippen molar-refractivity contribution in [2.45, 2.75) is 0 Å². The van der Waals surface area contributed by atoms with Crippen LogP contribution in [0.2, 0.25) is 0 Å². The van der Waals surface area contributed by atoms with Gasteiger partial charge >= 0.3 is 22.4 Å². The Bertz CT molecular complexity index is 130. The molecule has 0 aromatic heterocycles. The molecule has 0 radical (unpaired) electrons. The number of alkyl halides is 1. The van der Waals surface area contributed by atoms with Crippen LogP contribution in [-0.2, 0) is 32.5 Å². The Hall–Kier alpha value is 0.940. The van der Waals surface area contributed by atoms with E-state index in [0.29, 0.717) is 0 Å². The first-order valence-electron chi connectivity index (χ1n) is 1.56. The minimum absolute atomic E-state index is 0. The number of rotatable bonds is 2. The molecule has 0 amide bonds. The third-order valence-electron chi connectivity index (χ3n) is 0.327. The topological polar surface area (TPSA) is 57.2 Å². The molecule has 0 rings (SSSR count). The Morgan fingerprint density at radius 2 is 1.88 bits per heavy atom. The Morgan fingerprint density at radius 1 is 1.50 bits per heavy atom. The quantitative estimate of drug-likeness (QED) is 0.387. The number of hydrogen-bond acceptors (Lipinski definition) is 3. The van der Waals surface area contributed by atoms with Crippen LogP contribution in [0.1, 0.15) is 0 Å². The van der Waals surface area contributed by atoms with Crippen molar-refractivity contribution in [3.8, 4) is 0 Å². The summed E-state index contributed by atoms with van der Waals surface area (Å²) < 4.78 is 28.8. The van der Waals surface area contributed by atoms with Crippen molar-refractivity contribution >= 4 is 21.7 Å². The molecule has 0 saturated heterocycles. The van der Waals surface area contributed by atoms with Gasteiger partial charge in [-0.25, -0.2) is 8.42 Å². The maximum Gasteiger partial charge on any atom is 1.00 e. The molecule has 54 valence electrons. The zero-order valence-electron chi connectivity index (χ0n) is 3.73. The van der Waals surface area contributed by atoms with E-state index in [1.54, 1.807) is 0 Å². The van der Waals surface area contributed by atoms with E-state index >= 15 is 0 Å². The second-order valence-corrected chi connectivity index (χ2v) is 2.85. The molecule has 0 atom stereocenters. The number of halogens is 1. The molecular formula is C2H4AgClO3S. The van der Waals surface area contributed by atoms with Gasteiger partial charge in [-0.05, 0) is 0 Å². The molecule has 8 heavy (non-hydrogen) atoms. The summed E-state index contributed by atoms with van der Waals surface area (Å²) in [6.45, 7) is 0. The standard InChI is InChI=1S/C2H5ClO3S.Ag/c3-1-2-7(4,5)6;/h1-2H2,(H,4,5,6);/q;+1/p-1. The van der Waals surface area contributed by atoms with Crippen LogP contribution in [0.15, 0.2) is 0 Å². The average Bonchev–Trinajstić information content (AvgIpc) is 1.30. The second-order valence-electron chi connectivity index (χ2n) is 0.951. The van der Waals surface area contributed by atoms with Crippen molar-refractivity contribution in [2.75, 3.05) is 11.6 Å². The molecule has 0 bridgehead atoms. The van der Waals surface area contributed by atoms with E-state index in [1.165, 1.54) is 0 Å². The number of hydrogen-bond donors (Lipinski definition) is 0. The van der Waals surface area contributed by atoms with Gasteiger partial charge in [0, 0.05) is 5.88 Å². The first-order chi connectivity index (χ1) is 3.06. The third kappa shape index (κ3) is 10.0. The van der Waals surface area contributed by atoms with Crippen LogP contribution in [0, 0.1) is 0 Å². The van der Waals surface area contributed by atoms with Gasteiger partial charge in [0.15, 0.2) is 0 Å². The summed E-state index contributed by atoms with van der Waals surface area (Å²) in [6, 6.07) is 0. The monoisotopic (exact) mass is 250 g/mol. The van der Waals surface area contributed by atoms with E-state index in [2.05, 4.69) is 0 Å². The summed E-state index contributed by atoms with van der Waals surface area (Å²) in [7, 11) is -4.06. The molecule has 6 heteroatoms. The Kier molecular flexibility index (Phi) is 7.00. The molecule has 0 saturated carbocycles. The molecule has 0 aliphatic rings. The van der Waals surface area contributed by atoms with E-state index in [1.807, 2.05) is 0 Å². The van der Waals surface area contributed by atoms with Crippen LogP contribution in [0.5, 0.6) is 0 Å². The van der Waals surface area contributed by atoms with E-state index < -0.39 is 15.9 Å². The summed E-state index contributed by atoms with van der Waals surface area (Å²) in [5.41, 5.74) is 0. The van der Waals surface area contributed by atoms with Crippen LogP contribution < -0.4 is 0 Å². The van der Waals surface area contributed by atoms with Crippen molar-refractivity contribution in [3.63, 3.8) is 0 Å². The molecular weight excluding hydrogens is 247 g/mol. The third-order valence-corrected chi connectivity index (χ3v) is 1.44. The van der Waals surface area contributed by atoms with Gasteiger partial charge in [-0.1, -0.05) is 0 Å². The summed E-state index contributed by atoms with van der Waals surface area (Å²) in [5.74, 6) is -0.597. The molecule has 0 aliphatic heterocycles. The van der Waals surface area contributed by atoms with Crippen molar-refractivity contribution in [3.05, 3.63) is 0 Å². The first kappa shape index (κ1) is 11.7. The fraction of sp³-hybridized carbons (Fsp3) is 1.00. The molecule has 0 fully saturated rings. The van der Waals surface area contributed by atoms with Crippen LogP contribution in [0.3, 0.4) is 0 Å². The van der Waals surface area contributed by atoms with Crippen molar-refractivity contribution in [1.29, 1.82) is 0 Å². The summed E-state index contributed by atoms with van der Waals surface area (Å²) >= 11 is 4.91. The largest absolute Gasteiger partial charge is 1.00 e. The van der Waals surface area contributed by atoms with Gasteiger partial charge in [-0.3, -0.25) is 0 Å². The van der Waals surface area contributed by atoms with Crippen molar-refractivity contribution in [1.82, 2.24) is 0 Å². The Labute approximate surface area is 68.7 Å². The summed E-state index contributed by atoms with van der Waals surface area (Å²) in [6.07, 6.45) is 0. The predicted molar refractivity (Wildman–Crippen MR) is 25.3 cm³/mol. The zero-order chi connectivity index (χ0) is 5.91. The molecule has 0 N–H and O–H groups in total. The summed E-state index contributed by atoms with van der Waals surface area (Å²) in [4.78, 5) is 0. The molecule has 0 unspecified atom stereocenters. The maximum atomic E-state index is 9.59. The van der Waals surface area contributed by atoms with Gasteiger partial charge in [0.05, 0.1) is 15.9 Å². The average molecular weight is 251 g/mol. The zero-order valence-corrected chi connectivity index (χ0v) is 6.78. The van der Waals surface area contributed by atoms with Crippen molar-refractivity contribution in [2.24, 2.45) is 0 Å². The fourth-order valence-electron chi connectivity index (χ4n) is 0.0945. The van der Waals surface area contributed by atoms with Gasteiger partial charge in [0.1, 0.15) is 0 Å². The fourth-order valence-corrected chi connectivity index (χ4v) is 0.850. The molecule has 0 heterocycles.